The van der Waals surface area contributed by atoms with Crippen LogP contribution in [-0.2, 0) is 9.59 Å². The van der Waals surface area contributed by atoms with Gasteiger partial charge in [0.05, 0.1) is 5.41 Å². The number of nitrogens with one attached hydrogen (secondary N) is 1. The second-order valence-corrected chi connectivity index (χ2v) is 7.50. The van der Waals surface area contributed by atoms with Crippen molar-refractivity contribution in [3.05, 3.63) is 42.5 Å². The van der Waals surface area contributed by atoms with Gasteiger partial charge in [-0.05, 0) is 48.1 Å². The standard InChI is InChI=1S/C20H23NO3/c1-19(2)16(10-11-20(19,3)18(23)24)17(22)21-15-9-8-13-6-4-5-7-14(13)12-15/h4-9,12,16H,10-11H2,1-3H3,(H,21,22)(H,23,24)/t16-,20-/m1/s1. The lowest BCUT2D eigenvalue weighted by Crippen LogP contribution is -2.43. The maximum absolute atomic E-state index is 12.8. The van der Waals surface area contributed by atoms with Gasteiger partial charge in [0.25, 0.3) is 0 Å². The molecule has 126 valence electrons. The van der Waals surface area contributed by atoms with Gasteiger partial charge in [-0.2, -0.15) is 0 Å². The largest absolute Gasteiger partial charge is 0.481 e. The summed E-state index contributed by atoms with van der Waals surface area (Å²) >= 11 is 0. The summed E-state index contributed by atoms with van der Waals surface area (Å²) in [5.74, 6) is -1.24. The summed E-state index contributed by atoms with van der Waals surface area (Å²) in [5, 5.41) is 14.7. The highest BCUT2D eigenvalue weighted by molar-refractivity contribution is 5.96. The van der Waals surface area contributed by atoms with Crippen molar-refractivity contribution in [2.45, 2.75) is 33.6 Å². The molecule has 4 nitrogen and oxygen atoms in total. The first kappa shape index (κ1) is 16.5. The van der Waals surface area contributed by atoms with Crippen LogP contribution in [0, 0.1) is 16.7 Å². The fourth-order valence-corrected chi connectivity index (χ4v) is 3.84. The molecule has 0 bridgehead atoms. The van der Waals surface area contributed by atoms with Crippen LogP contribution < -0.4 is 5.32 Å². The number of carboxylic acid groups (broad SMARTS) is 1. The van der Waals surface area contributed by atoms with Crippen LogP contribution in [0.15, 0.2) is 42.5 Å². The van der Waals surface area contributed by atoms with Gasteiger partial charge in [0, 0.05) is 11.6 Å². The highest BCUT2D eigenvalue weighted by atomic mass is 16.4. The Labute approximate surface area is 141 Å². The summed E-state index contributed by atoms with van der Waals surface area (Å²) < 4.78 is 0. The molecule has 1 aliphatic carbocycles. The van der Waals surface area contributed by atoms with Crippen LogP contribution in [0.5, 0.6) is 0 Å². The predicted octanol–water partition coefficient (Wildman–Crippen LogP) is 4.31. The molecular formula is C20H23NO3. The zero-order chi connectivity index (χ0) is 17.5. The zero-order valence-electron chi connectivity index (χ0n) is 14.3. The Morgan fingerprint density at radius 2 is 1.75 bits per heavy atom. The van der Waals surface area contributed by atoms with Crippen LogP contribution in [0.2, 0.25) is 0 Å². The van der Waals surface area contributed by atoms with Crippen molar-refractivity contribution in [2.24, 2.45) is 16.7 Å². The number of carbonyl (C=O) groups is 2. The zero-order valence-corrected chi connectivity index (χ0v) is 14.3. The van der Waals surface area contributed by atoms with Crippen LogP contribution in [0.4, 0.5) is 5.69 Å². The topological polar surface area (TPSA) is 66.4 Å². The number of hydrogen-bond donors (Lipinski definition) is 2. The van der Waals surface area contributed by atoms with E-state index in [9.17, 15) is 14.7 Å². The third kappa shape index (κ3) is 2.46. The third-order valence-electron chi connectivity index (χ3n) is 6.03. The molecule has 1 amide bonds. The van der Waals surface area contributed by atoms with Gasteiger partial charge in [0.2, 0.25) is 5.91 Å². The monoisotopic (exact) mass is 325 g/mol. The number of carbonyl (C=O) groups excluding carboxylic acids is 1. The molecule has 24 heavy (non-hydrogen) atoms. The lowest BCUT2D eigenvalue weighted by Gasteiger charge is -2.37. The summed E-state index contributed by atoms with van der Waals surface area (Å²) in [6.07, 6.45) is 1.11. The number of carboxylic acids is 1. The average molecular weight is 325 g/mol. The number of fused-ring (bicyclic) bond motifs is 1. The number of anilines is 1. The molecular weight excluding hydrogens is 302 g/mol. The molecule has 0 spiro atoms. The summed E-state index contributed by atoms with van der Waals surface area (Å²) in [4.78, 5) is 24.5. The molecule has 1 saturated carbocycles. The highest BCUT2D eigenvalue weighted by Crippen LogP contribution is 2.56. The van der Waals surface area contributed by atoms with Gasteiger partial charge in [-0.15, -0.1) is 0 Å². The summed E-state index contributed by atoms with van der Waals surface area (Å²) in [5.41, 5.74) is -0.726. The maximum atomic E-state index is 12.8. The van der Waals surface area contributed by atoms with Crippen LogP contribution in [0.3, 0.4) is 0 Å². The molecule has 0 aromatic heterocycles. The van der Waals surface area contributed by atoms with Crippen molar-refractivity contribution in [2.75, 3.05) is 5.32 Å². The van der Waals surface area contributed by atoms with Crippen molar-refractivity contribution in [1.82, 2.24) is 0 Å². The molecule has 2 aromatic carbocycles. The molecule has 0 saturated heterocycles. The Bertz CT molecular complexity index is 811. The Balaban J connectivity index is 1.83. The van der Waals surface area contributed by atoms with E-state index in [0.29, 0.717) is 12.8 Å². The Morgan fingerprint density at radius 1 is 1.08 bits per heavy atom. The van der Waals surface area contributed by atoms with E-state index in [1.54, 1.807) is 6.92 Å². The molecule has 0 aliphatic heterocycles. The smallest absolute Gasteiger partial charge is 0.309 e. The fraction of sp³-hybridized carbons (Fsp3) is 0.400. The predicted molar refractivity (Wildman–Crippen MR) is 94.8 cm³/mol. The van der Waals surface area contributed by atoms with Crippen molar-refractivity contribution >= 4 is 28.3 Å². The van der Waals surface area contributed by atoms with Gasteiger partial charge in [-0.25, -0.2) is 0 Å². The first-order valence-corrected chi connectivity index (χ1v) is 8.29. The molecule has 0 unspecified atom stereocenters. The molecule has 4 heteroatoms. The summed E-state index contributed by atoms with van der Waals surface area (Å²) in [6, 6.07) is 13.8. The van der Waals surface area contributed by atoms with Crippen molar-refractivity contribution in [1.29, 1.82) is 0 Å². The van der Waals surface area contributed by atoms with Crippen LogP contribution >= 0.6 is 0 Å². The molecule has 1 fully saturated rings. The minimum atomic E-state index is -0.877. The number of amides is 1. The highest BCUT2D eigenvalue weighted by Gasteiger charge is 2.58. The molecule has 1 aliphatic rings. The van der Waals surface area contributed by atoms with Crippen molar-refractivity contribution in [3.63, 3.8) is 0 Å². The van der Waals surface area contributed by atoms with Crippen LogP contribution in [0.1, 0.15) is 33.6 Å². The number of benzene rings is 2. The van der Waals surface area contributed by atoms with Crippen LogP contribution in [0.25, 0.3) is 10.8 Å². The minimum Gasteiger partial charge on any atom is -0.481 e. The van der Waals surface area contributed by atoms with Gasteiger partial charge < -0.3 is 10.4 Å². The third-order valence-corrected chi connectivity index (χ3v) is 6.03. The number of aliphatic carboxylic acids is 1. The Hall–Kier alpha value is -2.36. The normalized spacial score (nSPS) is 25.5. The summed E-state index contributed by atoms with van der Waals surface area (Å²) in [6.45, 7) is 5.52. The molecule has 3 rings (SSSR count). The Morgan fingerprint density at radius 3 is 2.38 bits per heavy atom. The van der Waals surface area contributed by atoms with Gasteiger partial charge >= 0.3 is 5.97 Å². The quantitative estimate of drug-likeness (QED) is 0.884. The van der Waals surface area contributed by atoms with Crippen molar-refractivity contribution in [3.8, 4) is 0 Å². The lowest BCUT2D eigenvalue weighted by molar-refractivity contribution is -0.154. The molecule has 0 radical (unpaired) electrons. The van der Waals surface area contributed by atoms with E-state index in [1.165, 1.54) is 0 Å². The maximum Gasteiger partial charge on any atom is 0.309 e. The number of rotatable bonds is 3. The fourth-order valence-electron chi connectivity index (χ4n) is 3.84. The lowest BCUT2D eigenvalue weighted by atomic mass is 9.65. The van der Waals surface area contributed by atoms with E-state index >= 15 is 0 Å². The van der Waals surface area contributed by atoms with Gasteiger partial charge in [-0.3, -0.25) is 9.59 Å². The second-order valence-electron chi connectivity index (χ2n) is 7.50. The molecule has 2 atom stereocenters. The van der Waals surface area contributed by atoms with Gasteiger partial charge in [0.1, 0.15) is 0 Å². The Kier molecular flexibility index (Phi) is 3.86. The molecule has 2 aromatic rings. The van der Waals surface area contributed by atoms with Crippen molar-refractivity contribution < 1.29 is 14.7 Å². The molecule has 2 N–H and O–H groups in total. The number of hydrogen-bond acceptors (Lipinski definition) is 2. The van der Waals surface area contributed by atoms with E-state index in [0.717, 1.165) is 16.5 Å². The van der Waals surface area contributed by atoms with E-state index in [2.05, 4.69) is 5.32 Å². The first-order valence-electron chi connectivity index (χ1n) is 8.29. The van der Waals surface area contributed by atoms with E-state index in [1.807, 2.05) is 56.3 Å². The van der Waals surface area contributed by atoms with E-state index < -0.39 is 16.8 Å². The molecule has 0 heterocycles. The van der Waals surface area contributed by atoms with Gasteiger partial charge in [0.15, 0.2) is 0 Å². The minimum absolute atomic E-state index is 0.0970. The van der Waals surface area contributed by atoms with Gasteiger partial charge in [-0.1, -0.05) is 44.2 Å². The van der Waals surface area contributed by atoms with Crippen LogP contribution in [-0.4, -0.2) is 17.0 Å². The van der Waals surface area contributed by atoms with E-state index in [4.69, 9.17) is 0 Å². The second kappa shape index (κ2) is 5.62. The van der Waals surface area contributed by atoms with E-state index in [-0.39, 0.29) is 11.8 Å². The SMILES string of the molecule is CC1(C)[C@@H](C(=O)Nc2ccc3ccccc3c2)CC[C@]1(C)C(=O)O. The average Bonchev–Trinajstić information content (AvgIpc) is 2.78. The first-order chi connectivity index (χ1) is 11.3. The summed E-state index contributed by atoms with van der Waals surface area (Å²) in [7, 11) is 0.